The van der Waals surface area contributed by atoms with Gasteiger partial charge in [0.25, 0.3) is 5.91 Å². The Bertz CT molecular complexity index is 1050. The summed E-state index contributed by atoms with van der Waals surface area (Å²) in [7, 11) is 0. The molecule has 0 saturated carbocycles. The van der Waals surface area contributed by atoms with Crippen molar-refractivity contribution in [3.05, 3.63) is 58.7 Å². The van der Waals surface area contributed by atoms with E-state index >= 15 is 0 Å². The Morgan fingerprint density at radius 1 is 1.00 bits per heavy atom. The molecule has 7 nitrogen and oxygen atoms in total. The van der Waals surface area contributed by atoms with Crippen LogP contribution in [0.25, 0.3) is 0 Å². The highest BCUT2D eigenvalue weighted by atomic mass is 16.2. The molecule has 0 unspecified atom stereocenters. The van der Waals surface area contributed by atoms with Crippen molar-refractivity contribution in [1.82, 2.24) is 19.8 Å². The van der Waals surface area contributed by atoms with E-state index in [1.165, 1.54) is 17.5 Å². The molecule has 4 rings (SSSR count). The van der Waals surface area contributed by atoms with Crippen molar-refractivity contribution in [2.45, 2.75) is 71.3 Å². The van der Waals surface area contributed by atoms with E-state index in [2.05, 4.69) is 59.9 Å². The van der Waals surface area contributed by atoms with Gasteiger partial charge < -0.3 is 10.6 Å². The van der Waals surface area contributed by atoms with Crippen LogP contribution in [0.1, 0.15) is 72.9 Å². The van der Waals surface area contributed by atoms with Crippen molar-refractivity contribution in [2.24, 2.45) is 11.7 Å². The minimum Gasteiger partial charge on any atom is -0.369 e. The zero-order chi connectivity index (χ0) is 25.2. The number of hydrogen-bond donors (Lipinski definition) is 1. The Morgan fingerprint density at radius 2 is 1.69 bits per heavy atom. The predicted octanol–water partition coefficient (Wildman–Crippen LogP) is 3.28. The van der Waals surface area contributed by atoms with E-state index in [9.17, 15) is 9.59 Å². The van der Waals surface area contributed by atoms with Crippen LogP contribution in [0.15, 0.2) is 30.6 Å². The molecule has 2 amide bonds. The van der Waals surface area contributed by atoms with Gasteiger partial charge in [0.15, 0.2) is 0 Å². The number of rotatable bonds is 6. The number of nitrogens with two attached hydrogens (primary N) is 1. The summed E-state index contributed by atoms with van der Waals surface area (Å²) in [5.74, 6) is -0.235. The number of aryl methyl sites for hydroxylation is 2. The molecule has 0 radical (unpaired) electrons. The van der Waals surface area contributed by atoms with Gasteiger partial charge in [-0.15, -0.1) is 0 Å². The molecule has 0 aliphatic carbocycles. The Balaban J connectivity index is 1.34. The quantitative estimate of drug-likeness (QED) is 0.689. The number of piperidine rings is 1. The van der Waals surface area contributed by atoms with E-state index < -0.39 is 0 Å². The van der Waals surface area contributed by atoms with Crippen LogP contribution in [-0.2, 0) is 23.1 Å². The summed E-state index contributed by atoms with van der Waals surface area (Å²) < 4.78 is 0. The molecule has 188 valence electrons. The number of benzene rings is 1. The van der Waals surface area contributed by atoms with Crippen LogP contribution in [0, 0.1) is 12.8 Å². The normalized spacial score (nSPS) is 19.8. The van der Waals surface area contributed by atoms with Gasteiger partial charge in [0.05, 0.1) is 5.92 Å². The van der Waals surface area contributed by atoms with Crippen molar-refractivity contribution in [3.63, 3.8) is 0 Å². The molecule has 3 heterocycles. The zero-order valence-electron chi connectivity index (χ0n) is 21.6. The molecule has 2 N–H and O–H groups in total. The number of hydrogen-bond acceptors (Lipinski definition) is 5. The van der Waals surface area contributed by atoms with E-state index in [0.29, 0.717) is 24.8 Å². The van der Waals surface area contributed by atoms with E-state index in [0.717, 1.165) is 56.5 Å². The number of primary amides is 1. The molecule has 2 saturated heterocycles. The molecule has 1 atom stereocenters. The average molecular weight is 478 g/mol. The minimum absolute atomic E-state index is 0.00411. The molecular weight excluding hydrogens is 438 g/mol. The van der Waals surface area contributed by atoms with E-state index in [1.807, 2.05) is 11.8 Å². The standard InChI is InChI=1S/C28H39N5O2/c1-19-24(10-7-20-5-8-22(9-6-20)28(2,3)4)30-18-31-25(19)27(35)32-15-12-23(13-16-32)33-14-11-21(17-33)26(29)34/h5-6,8-9,18,21,23H,7,10-17H2,1-4H3,(H2,29,34)/t21-/m1/s1. The zero-order valence-corrected chi connectivity index (χ0v) is 21.6. The molecule has 2 aromatic rings. The van der Waals surface area contributed by atoms with Gasteiger partial charge in [-0.1, -0.05) is 45.0 Å². The highest BCUT2D eigenvalue weighted by molar-refractivity contribution is 5.93. The van der Waals surface area contributed by atoms with Crippen molar-refractivity contribution in [2.75, 3.05) is 26.2 Å². The number of carbonyl (C=O) groups excluding carboxylic acids is 2. The molecule has 0 bridgehead atoms. The number of carbonyl (C=O) groups is 2. The molecule has 2 fully saturated rings. The minimum atomic E-state index is -0.197. The van der Waals surface area contributed by atoms with Gasteiger partial charge in [-0.05, 0) is 62.1 Å². The van der Waals surface area contributed by atoms with Crippen LogP contribution in [0.3, 0.4) is 0 Å². The fourth-order valence-corrected chi connectivity index (χ4v) is 5.32. The second kappa shape index (κ2) is 10.4. The van der Waals surface area contributed by atoms with Gasteiger partial charge in [-0.2, -0.15) is 0 Å². The van der Waals surface area contributed by atoms with Crippen molar-refractivity contribution < 1.29 is 9.59 Å². The highest BCUT2D eigenvalue weighted by Crippen LogP contribution is 2.26. The Morgan fingerprint density at radius 3 is 2.29 bits per heavy atom. The second-order valence-electron chi connectivity index (χ2n) is 11.1. The summed E-state index contributed by atoms with van der Waals surface area (Å²) in [5, 5.41) is 0. The Labute approximate surface area is 209 Å². The molecule has 2 aliphatic rings. The van der Waals surface area contributed by atoms with E-state index in [-0.39, 0.29) is 23.1 Å². The fraction of sp³-hybridized carbons (Fsp3) is 0.571. The molecule has 1 aromatic carbocycles. The van der Waals surface area contributed by atoms with Crippen LogP contribution < -0.4 is 5.73 Å². The first-order chi connectivity index (χ1) is 16.6. The van der Waals surface area contributed by atoms with Crippen LogP contribution >= 0.6 is 0 Å². The highest BCUT2D eigenvalue weighted by Gasteiger charge is 2.34. The molecule has 0 spiro atoms. The van der Waals surface area contributed by atoms with Gasteiger partial charge in [-0.25, -0.2) is 9.97 Å². The largest absolute Gasteiger partial charge is 0.369 e. The third-order valence-corrected chi connectivity index (χ3v) is 7.75. The maximum atomic E-state index is 13.3. The summed E-state index contributed by atoms with van der Waals surface area (Å²) in [6.45, 7) is 11.7. The van der Waals surface area contributed by atoms with Gasteiger partial charge in [0.2, 0.25) is 5.91 Å². The topological polar surface area (TPSA) is 92.4 Å². The summed E-state index contributed by atoms with van der Waals surface area (Å²) in [6, 6.07) is 9.21. The number of amides is 2. The maximum absolute atomic E-state index is 13.3. The van der Waals surface area contributed by atoms with Crippen molar-refractivity contribution >= 4 is 11.8 Å². The lowest BCUT2D eigenvalue weighted by atomic mass is 9.86. The molecule has 7 heteroatoms. The summed E-state index contributed by atoms with van der Waals surface area (Å²) in [6.07, 6.45) is 5.86. The number of likely N-dealkylation sites (tertiary alicyclic amines) is 2. The lowest BCUT2D eigenvalue weighted by molar-refractivity contribution is -0.121. The molecule has 2 aliphatic heterocycles. The van der Waals surface area contributed by atoms with Crippen LogP contribution in [-0.4, -0.2) is 63.8 Å². The number of nitrogens with zero attached hydrogens (tertiary/aromatic N) is 4. The third kappa shape index (κ3) is 5.89. The maximum Gasteiger partial charge on any atom is 0.272 e. The fourth-order valence-electron chi connectivity index (χ4n) is 5.32. The molecular formula is C28H39N5O2. The summed E-state index contributed by atoms with van der Waals surface area (Å²) in [5.41, 5.74) is 10.6. The van der Waals surface area contributed by atoms with Crippen LogP contribution in [0.4, 0.5) is 0 Å². The first-order valence-electron chi connectivity index (χ1n) is 12.9. The lowest BCUT2D eigenvalue weighted by Crippen LogP contribution is -2.46. The lowest BCUT2D eigenvalue weighted by Gasteiger charge is -2.36. The molecule has 1 aromatic heterocycles. The van der Waals surface area contributed by atoms with Gasteiger partial charge in [0.1, 0.15) is 12.0 Å². The monoisotopic (exact) mass is 477 g/mol. The first-order valence-corrected chi connectivity index (χ1v) is 12.9. The third-order valence-electron chi connectivity index (χ3n) is 7.75. The molecule has 35 heavy (non-hydrogen) atoms. The number of aromatic nitrogens is 2. The van der Waals surface area contributed by atoms with Crippen LogP contribution in [0.5, 0.6) is 0 Å². The Kier molecular flexibility index (Phi) is 7.55. The predicted molar refractivity (Wildman–Crippen MR) is 137 cm³/mol. The second-order valence-corrected chi connectivity index (χ2v) is 11.1. The SMILES string of the molecule is Cc1c(CCc2ccc(C(C)(C)C)cc2)ncnc1C(=O)N1CCC(N2CC[C@@H](C(N)=O)C2)CC1. The van der Waals surface area contributed by atoms with E-state index in [1.54, 1.807) is 0 Å². The Hall–Kier alpha value is -2.80. The summed E-state index contributed by atoms with van der Waals surface area (Å²) in [4.78, 5) is 38.0. The van der Waals surface area contributed by atoms with Gasteiger partial charge in [0, 0.05) is 36.9 Å². The summed E-state index contributed by atoms with van der Waals surface area (Å²) >= 11 is 0. The van der Waals surface area contributed by atoms with Gasteiger partial charge in [-0.3, -0.25) is 14.5 Å². The average Bonchev–Trinajstić information content (AvgIpc) is 3.34. The van der Waals surface area contributed by atoms with Gasteiger partial charge >= 0.3 is 0 Å². The van der Waals surface area contributed by atoms with Crippen molar-refractivity contribution in [1.29, 1.82) is 0 Å². The van der Waals surface area contributed by atoms with E-state index in [4.69, 9.17) is 5.73 Å². The smallest absolute Gasteiger partial charge is 0.272 e. The van der Waals surface area contributed by atoms with Crippen molar-refractivity contribution in [3.8, 4) is 0 Å². The first kappa shape index (κ1) is 25.3. The van der Waals surface area contributed by atoms with Crippen LogP contribution in [0.2, 0.25) is 0 Å².